The highest BCUT2D eigenvalue weighted by atomic mass is 32.1. The van der Waals surface area contributed by atoms with Gasteiger partial charge in [-0.1, -0.05) is 23.4 Å². The molecule has 0 amide bonds. The first kappa shape index (κ1) is 16.4. The van der Waals surface area contributed by atoms with Crippen molar-refractivity contribution >= 4 is 11.3 Å². The second kappa shape index (κ2) is 7.45. The van der Waals surface area contributed by atoms with Crippen LogP contribution >= 0.6 is 11.3 Å². The average Bonchev–Trinajstić information content (AvgIpc) is 3.37. The van der Waals surface area contributed by atoms with E-state index in [-0.39, 0.29) is 0 Å². The summed E-state index contributed by atoms with van der Waals surface area (Å²) in [6.07, 6.45) is 4.45. The highest BCUT2D eigenvalue weighted by Crippen LogP contribution is 2.26. The van der Waals surface area contributed by atoms with Crippen LogP contribution in [-0.2, 0) is 13.0 Å². The molecule has 25 heavy (non-hydrogen) atoms. The number of aryl methyl sites for hydroxylation is 2. The lowest BCUT2D eigenvalue weighted by Gasteiger charge is -2.23. The quantitative estimate of drug-likeness (QED) is 0.667. The van der Waals surface area contributed by atoms with Crippen LogP contribution in [0.5, 0.6) is 0 Å². The monoisotopic (exact) mass is 354 g/mol. The predicted octanol–water partition coefficient (Wildman–Crippen LogP) is 4.10. The van der Waals surface area contributed by atoms with Crippen molar-refractivity contribution in [1.82, 2.24) is 20.0 Å². The lowest BCUT2D eigenvalue weighted by atomic mass is 10.1. The van der Waals surface area contributed by atoms with Crippen LogP contribution in [0, 0.1) is 6.92 Å². The summed E-state index contributed by atoms with van der Waals surface area (Å²) in [6, 6.07) is 10.5. The van der Waals surface area contributed by atoms with E-state index in [4.69, 9.17) is 4.52 Å². The molecule has 1 aliphatic rings. The Morgan fingerprint density at radius 1 is 1.28 bits per heavy atom. The van der Waals surface area contributed by atoms with Gasteiger partial charge in [0.25, 0.3) is 5.89 Å². The number of likely N-dealkylation sites (tertiary alicyclic amines) is 1. The lowest BCUT2D eigenvalue weighted by Crippen LogP contribution is -2.29. The van der Waals surface area contributed by atoms with Gasteiger partial charge >= 0.3 is 0 Å². The Kier molecular flexibility index (Phi) is 4.90. The van der Waals surface area contributed by atoms with Gasteiger partial charge in [0.1, 0.15) is 0 Å². The SMILES string of the molecule is Cc1ncsc1CN1CCCC1CCc1noc(-c2ccccc2)n1. The fourth-order valence-corrected chi connectivity index (χ4v) is 4.24. The van der Waals surface area contributed by atoms with E-state index in [0.29, 0.717) is 11.9 Å². The van der Waals surface area contributed by atoms with Crippen LogP contribution in [0.4, 0.5) is 0 Å². The fraction of sp³-hybridized carbons (Fsp3) is 0.421. The van der Waals surface area contributed by atoms with Gasteiger partial charge in [-0.25, -0.2) is 4.98 Å². The third-order valence-electron chi connectivity index (χ3n) is 4.88. The molecule has 3 aromatic rings. The molecular formula is C19H22N4OS. The van der Waals surface area contributed by atoms with Crippen LogP contribution in [0.15, 0.2) is 40.4 Å². The van der Waals surface area contributed by atoms with Gasteiger partial charge in [-0.05, 0) is 44.9 Å². The number of hydrogen-bond acceptors (Lipinski definition) is 6. The third kappa shape index (κ3) is 3.80. The van der Waals surface area contributed by atoms with Gasteiger partial charge in [0.05, 0.1) is 11.2 Å². The molecule has 1 atom stereocenters. The largest absolute Gasteiger partial charge is 0.334 e. The zero-order chi connectivity index (χ0) is 17.1. The average molecular weight is 354 g/mol. The second-order valence-electron chi connectivity index (χ2n) is 6.55. The summed E-state index contributed by atoms with van der Waals surface area (Å²) in [4.78, 5) is 12.9. The van der Waals surface area contributed by atoms with E-state index in [1.165, 1.54) is 30.0 Å². The maximum atomic E-state index is 5.41. The molecule has 1 saturated heterocycles. The highest BCUT2D eigenvalue weighted by Gasteiger charge is 2.25. The number of hydrogen-bond donors (Lipinski definition) is 0. The molecule has 0 radical (unpaired) electrons. The van der Waals surface area contributed by atoms with Crippen molar-refractivity contribution in [3.8, 4) is 11.5 Å². The molecule has 4 rings (SSSR count). The smallest absolute Gasteiger partial charge is 0.257 e. The summed E-state index contributed by atoms with van der Waals surface area (Å²) in [5, 5.41) is 4.16. The molecule has 0 saturated carbocycles. The molecule has 1 unspecified atom stereocenters. The predicted molar refractivity (Wildman–Crippen MR) is 98.3 cm³/mol. The Hall–Kier alpha value is -2.05. The maximum Gasteiger partial charge on any atom is 0.257 e. The van der Waals surface area contributed by atoms with E-state index in [1.807, 2.05) is 35.8 Å². The standard InChI is InChI=1S/C19H22N4OS/c1-14-17(25-13-20-14)12-23-11-5-8-16(23)9-10-18-21-19(24-22-18)15-6-3-2-4-7-15/h2-4,6-7,13,16H,5,8-12H2,1H3. The van der Waals surface area contributed by atoms with Crippen LogP contribution in [0.2, 0.25) is 0 Å². The number of thiazole rings is 1. The summed E-state index contributed by atoms with van der Waals surface area (Å²) in [5.74, 6) is 1.42. The normalized spacial score (nSPS) is 18.0. The molecule has 0 bridgehead atoms. The molecule has 0 N–H and O–H groups in total. The van der Waals surface area contributed by atoms with Crippen molar-refractivity contribution < 1.29 is 4.52 Å². The van der Waals surface area contributed by atoms with Gasteiger partial charge < -0.3 is 4.52 Å². The van der Waals surface area contributed by atoms with Crippen LogP contribution in [0.3, 0.4) is 0 Å². The zero-order valence-corrected chi connectivity index (χ0v) is 15.2. The van der Waals surface area contributed by atoms with Gasteiger partial charge in [0.15, 0.2) is 5.82 Å². The molecule has 0 spiro atoms. The minimum Gasteiger partial charge on any atom is -0.334 e. The van der Waals surface area contributed by atoms with Gasteiger partial charge in [0, 0.05) is 29.4 Å². The Bertz CT molecular complexity index is 814. The minimum atomic E-state index is 0.597. The number of rotatable bonds is 6. The molecular weight excluding hydrogens is 332 g/mol. The molecule has 3 heterocycles. The molecule has 0 aliphatic carbocycles. The first-order valence-electron chi connectivity index (χ1n) is 8.80. The number of aromatic nitrogens is 3. The van der Waals surface area contributed by atoms with Gasteiger partial charge in [-0.2, -0.15) is 4.98 Å². The van der Waals surface area contributed by atoms with Crippen molar-refractivity contribution in [3.63, 3.8) is 0 Å². The summed E-state index contributed by atoms with van der Waals surface area (Å²) in [7, 11) is 0. The summed E-state index contributed by atoms with van der Waals surface area (Å²) in [6.45, 7) is 4.29. The lowest BCUT2D eigenvalue weighted by molar-refractivity contribution is 0.235. The van der Waals surface area contributed by atoms with Gasteiger partial charge in [-0.3, -0.25) is 4.90 Å². The number of benzene rings is 1. The molecule has 5 nitrogen and oxygen atoms in total. The molecule has 1 fully saturated rings. The highest BCUT2D eigenvalue weighted by molar-refractivity contribution is 7.09. The third-order valence-corrected chi connectivity index (χ3v) is 5.80. The van der Waals surface area contributed by atoms with E-state index in [0.717, 1.165) is 30.8 Å². The van der Waals surface area contributed by atoms with E-state index in [2.05, 4.69) is 26.9 Å². The van der Waals surface area contributed by atoms with Crippen LogP contribution in [-0.4, -0.2) is 32.6 Å². The topological polar surface area (TPSA) is 55.1 Å². The second-order valence-corrected chi connectivity index (χ2v) is 7.49. The van der Waals surface area contributed by atoms with Crippen molar-refractivity contribution in [2.24, 2.45) is 0 Å². The van der Waals surface area contributed by atoms with E-state index in [1.54, 1.807) is 11.3 Å². The van der Waals surface area contributed by atoms with E-state index < -0.39 is 0 Å². The number of nitrogens with zero attached hydrogens (tertiary/aromatic N) is 4. The van der Waals surface area contributed by atoms with Crippen LogP contribution < -0.4 is 0 Å². The van der Waals surface area contributed by atoms with E-state index in [9.17, 15) is 0 Å². The Morgan fingerprint density at radius 2 is 2.16 bits per heavy atom. The van der Waals surface area contributed by atoms with Crippen LogP contribution in [0.1, 0.15) is 35.7 Å². The Morgan fingerprint density at radius 3 is 2.96 bits per heavy atom. The van der Waals surface area contributed by atoms with Gasteiger partial charge in [0.2, 0.25) is 0 Å². The summed E-state index contributed by atoms with van der Waals surface area (Å²) >= 11 is 1.76. The maximum absolute atomic E-state index is 5.41. The summed E-state index contributed by atoms with van der Waals surface area (Å²) in [5.41, 5.74) is 4.09. The van der Waals surface area contributed by atoms with Crippen molar-refractivity contribution in [2.45, 2.75) is 45.2 Å². The van der Waals surface area contributed by atoms with Crippen LogP contribution in [0.25, 0.3) is 11.5 Å². The van der Waals surface area contributed by atoms with Crippen molar-refractivity contribution in [1.29, 1.82) is 0 Å². The van der Waals surface area contributed by atoms with Crippen molar-refractivity contribution in [3.05, 3.63) is 52.2 Å². The fourth-order valence-electron chi connectivity index (χ4n) is 3.44. The molecule has 6 heteroatoms. The van der Waals surface area contributed by atoms with E-state index >= 15 is 0 Å². The molecule has 1 aliphatic heterocycles. The zero-order valence-electron chi connectivity index (χ0n) is 14.4. The summed E-state index contributed by atoms with van der Waals surface area (Å²) < 4.78 is 5.41. The van der Waals surface area contributed by atoms with Crippen molar-refractivity contribution in [2.75, 3.05) is 6.54 Å². The Labute approximate surface area is 151 Å². The molecule has 2 aromatic heterocycles. The Balaban J connectivity index is 1.36. The first-order valence-corrected chi connectivity index (χ1v) is 9.68. The molecule has 1 aromatic carbocycles. The van der Waals surface area contributed by atoms with Gasteiger partial charge in [-0.15, -0.1) is 11.3 Å². The first-order chi connectivity index (χ1) is 12.3. The molecule has 130 valence electrons. The minimum absolute atomic E-state index is 0.597.